The van der Waals surface area contributed by atoms with Gasteiger partial charge in [-0.2, -0.15) is 0 Å². The van der Waals surface area contributed by atoms with Gasteiger partial charge >= 0.3 is 5.97 Å². The summed E-state index contributed by atoms with van der Waals surface area (Å²) >= 11 is 0. The lowest BCUT2D eigenvalue weighted by atomic mass is 9.83. The number of benzene rings is 1. The molecule has 1 saturated carbocycles. The van der Waals surface area contributed by atoms with Gasteiger partial charge in [0.15, 0.2) is 0 Å². The first-order valence-electron chi connectivity index (χ1n) is 7.78. The Labute approximate surface area is 136 Å². The predicted octanol–water partition coefficient (Wildman–Crippen LogP) is 1.23. The topological polar surface area (TPSA) is 90.7 Å². The Kier molecular flexibility index (Phi) is 6.12. The Morgan fingerprint density at radius 1 is 1.22 bits per heavy atom. The molecule has 0 bridgehead atoms. The molecule has 1 aliphatic carbocycles. The van der Waals surface area contributed by atoms with Gasteiger partial charge in [0, 0.05) is 25.6 Å². The molecule has 1 aliphatic rings. The standard InChI is InChI=1S/C17H24N2O4/c1-22-15-9-13(7-8-14(15)18)16(20)19-10-11-3-5-12(6-4-11)17(21)23-2/h3-6,13-15H,7-10,18H2,1-2H3,(H,19,20)/t13-,14+,15+/m0/s1. The molecule has 23 heavy (non-hydrogen) atoms. The van der Waals surface area contributed by atoms with Gasteiger partial charge in [0.2, 0.25) is 5.91 Å². The fourth-order valence-corrected chi connectivity index (χ4v) is 2.87. The van der Waals surface area contributed by atoms with Crippen LogP contribution in [0.5, 0.6) is 0 Å². The maximum absolute atomic E-state index is 12.3. The first-order valence-corrected chi connectivity index (χ1v) is 7.78. The molecule has 0 spiro atoms. The van der Waals surface area contributed by atoms with Crippen LogP contribution in [0.15, 0.2) is 24.3 Å². The van der Waals surface area contributed by atoms with Gasteiger partial charge in [-0.3, -0.25) is 4.79 Å². The minimum atomic E-state index is -0.371. The molecule has 126 valence electrons. The van der Waals surface area contributed by atoms with Crippen LogP contribution in [0, 0.1) is 5.92 Å². The summed E-state index contributed by atoms with van der Waals surface area (Å²) in [7, 11) is 2.98. The number of carbonyl (C=O) groups excluding carboxylic acids is 2. The van der Waals surface area contributed by atoms with Crippen LogP contribution in [0.3, 0.4) is 0 Å². The molecular formula is C17H24N2O4. The van der Waals surface area contributed by atoms with Crippen LogP contribution in [0.25, 0.3) is 0 Å². The summed E-state index contributed by atoms with van der Waals surface area (Å²) in [6, 6.07) is 7.00. The first kappa shape index (κ1) is 17.4. The Morgan fingerprint density at radius 3 is 2.52 bits per heavy atom. The van der Waals surface area contributed by atoms with Crippen molar-refractivity contribution in [1.82, 2.24) is 5.32 Å². The van der Waals surface area contributed by atoms with E-state index in [1.54, 1.807) is 31.4 Å². The molecule has 6 heteroatoms. The Morgan fingerprint density at radius 2 is 1.91 bits per heavy atom. The maximum Gasteiger partial charge on any atom is 0.337 e. The Balaban J connectivity index is 1.85. The molecule has 0 aromatic heterocycles. The molecule has 6 nitrogen and oxygen atoms in total. The number of methoxy groups -OCH3 is 2. The van der Waals surface area contributed by atoms with Crippen LogP contribution in [0.2, 0.25) is 0 Å². The van der Waals surface area contributed by atoms with Gasteiger partial charge in [0.1, 0.15) is 0 Å². The van der Waals surface area contributed by atoms with Crippen LogP contribution in [-0.4, -0.2) is 38.2 Å². The summed E-state index contributed by atoms with van der Waals surface area (Å²) in [5.74, 6) is -0.408. The van der Waals surface area contributed by atoms with E-state index in [2.05, 4.69) is 10.1 Å². The van der Waals surface area contributed by atoms with E-state index in [9.17, 15) is 9.59 Å². The van der Waals surface area contributed by atoms with Crippen LogP contribution in [-0.2, 0) is 20.8 Å². The molecule has 0 heterocycles. The van der Waals surface area contributed by atoms with E-state index < -0.39 is 0 Å². The quantitative estimate of drug-likeness (QED) is 0.796. The number of hydrogen-bond donors (Lipinski definition) is 2. The van der Waals surface area contributed by atoms with Gasteiger partial charge < -0.3 is 20.5 Å². The van der Waals surface area contributed by atoms with Crippen molar-refractivity contribution < 1.29 is 19.1 Å². The maximum atomic E-state index is 12.3. The largest absolute Gasteiger partial charge is 0.465 e. The summed E-state index contributed by atoms with van der Waals surface area (Å²) in [6.07, 6.45) is 2.18. The van der Waals surface area contributed by atoms with E-state index >= 15 is 0 Å². The van der Waals surface area contributed by atoms with Gasteiger partial charge in [-0.1, -0.05) is 12.1 Å². The van der Waals surface area contributed by atoms with Crippen LogP contribution in [0.4, 0.5) is 0 Å². The van der Waals surface area contributed by atoms with Crippen molar-refractivity contribution in [1.29, 1.82) is 0 Å². The zero-order valence-corrected chi connectivity index (χ0v) is 13.6. The van der Waals surface area contributed by atoms with Crippen molar-refractivity contribution in [3.63, 3.8) is 0 Å². The van der Waals surface area contributed by atoms with Crippen molar-refractivity contribution in [2.24, 2.45) is 11.7 Å². The second-order valence-electron chi connectivity index (χ2n) is 5.85. The molecule has 1 amide bonds. The number of esters is 1. The molecule has 1 fully saturated rings. The summed E-state index contributed by atoms with van der Waals surface area (Å²) in [5, 5.41) is 2.94. The highest BCUT2D eigenvalue weighted by atomic mass is 16.5. The van der Waals surface area contributed by atoms with E-state index in [-0.39, 0.29) is 29.9 Å². The number of amides is 1. The van der Waals surface area contributed by atoms with Crippen molar-refractivity contribution >= 4 is 11.9 Å². The molecule has 1 aromatic rings. The minimum absolute atomic E-state index is 0.00918. The zero-order chi connectivity index (χ0) is 16.8. The molecule has 0 saturated heterocycles. The van der Waals surface area contributed by atoms with Gasteiger partial charge in [-0.25, -0.2) is 4.79 Å². The number of hydrogen-bond acceptors (Lipinski definition) is 5. The fourth-order valence-electron chi connectivity index (χ4n) is 2.87. The third-order valence-electron chi connectivity index (χ3n) is 4.36. The molecule has 2 rings (SSSR count). The van der Waals surface area contributed by atoms with Gasteiger partial charge in [-0.15, -0.1) is 0 Å². The first-order chi connectivity index (χ1) is 11.0. The summed E-state index contributed by atoms with van der Waals surface area (Å²) < 4.78 is 10.00. The number of rotatable bonds is 5. The highest BCUT2D eigenvalue weighted by Crippen LogP contribution is 2.25. The predicted molar refractivity (Wildman–Crippen MR) is 85.7 cm³/mol. The molecule has 3 atom stereocenters. The van der Waals surface area contributed by atoms with E-state index in [1.807, 2.05) is 0 Å². The Hall–Kier alpha value is -1.92. The highest BCUT2D eigenvalue weighted by molar-refractivity contribution is 5.89. The third-order valence-corrected chi connectivity index (χ3v) is 4.36. The second kappa shape index (κ2) is 8.08. The van der Waals surface area contributed by atoms with Crippen LogP contribution >= 0.6 is 0 Å². The van der Waals surface area contributed by atoms with Crippen molar-refractivity contribution in [2.75, 3.05) is 14.2 Å². The summed E-state index contributed by atoms with van der Waals surface area (Å²) in [5.41, 5.74) is 7.40. The second-order valence-corrected chi connectivity index (χ2v) is 5.85. The fraction of sp³-hybridized carbons (Fsp3) is 0.529. The summed E-state index contributed by atoms with van der Waals surface area (Å²) in [4.78, 5) is 23.6. The van der Waals surface area contributed by atoms with E-state index in [4.69, 9.17) is 10.5 Å². The van der Waals surface area contributed by atoms with E-state index in [0.717, 1.165) is 18.4 Å². The molecule has 3 N–H and O–H groups in total. The average Bonchev–Trinajstić information content (AvgIpc) is 2.59. The number of nitrogens with two attached hydrogens (primary N) is 1. The van der Waals surface area contributed by atoms with Gasteiger partial charge in [0.25, 0.3) is 0 Å². The van der Waals surface area contributed by atoms with E-state index in [1.165, 1.54) is 7.11 Å². The highest BCUT2D eigenvalue weighted by Gasteiger charge is 2.31. The normalized spacial score (nSPS) is 24.0. The lowest BCUT2D eigenvalue weighted by Crippen LogP contribution is -2.45. The van der Waals surface area contributed by atoms with Crippen molar-refractivity contribution in [3.8, 4) is 0 Å². The molecular weight excluding hydrogens is 296 g/mol. The van der Waals surface area contributed by atoms with Gasteiger partial charge in [-0.05, 0) is 37.0 Å². The Bertz CT molecular complexity index is 544. The smallest absolute Gasteiger partial charge is 0.337 e. The minimum Gasteiger partial charge on any atom is -0.465 e. The van der Waals surface area contributed by atoms with E-state index in [0.29, 0.717) is 18.5 Å². The molecule has 0 unspecified atom stereocenters. The summed E-state index contributed by atoms with van der Waals surface area (Å²) in [6.45, 7) is 0.431. The van der Waals surface area contributed by atoms with Crippen molar-refractivity contribution in [2.45, 2.75) is 38.0 Å². The molecule has 1 aromatic carbocycles. The zero-order valence-electron chi connectivity index (χ0n) is 13.6. The molecule has 0 radical (unpaired) electrons. The number of nitrogens with one attached hydrogen (secondary N) is 1. The SMILES string of the molecule is COC(=O)c1ccc(CNC(=O)[C@H]2CC[C@@H](N)[C@H](OC)C2)cc1. The average molecular weight is 320 g/mol. The lowest BCUT2D eigenvalue weighted by molar-refractivity contribution is -0.128. The van der Waals surface area contributed by atoms with Crippen LogP contribution < -0.4 is 11.1 Å². The number of carbonyl (C=O) groups is 2. The third kappa shape index (κ3) is 4.53. The number of ether oxygens (including phenoxy) is 2. The monoisotopic (exact) mass is 320 g/mol. The van der Waals surface area contributed by atoms with Crippen LogP contribution in [0.1, 0.15) is 35.2 Å². The lowest BCUT2D eigenvalue weighted by Gasteiger charge is -2.32. The molecule has 0 aliphatic heterocycles. The van der Waals surface area contributed by atoms with Gasteiger partial charge in [0.05, 0.1) is 18.8 Å². The van der Waals surface area contributed by atoms with Crippen molar-refractivity contribution in [3.05, 3.63) is 35.4 Å².